The maximum atomic E-state index is 14.2. The van der Waals surface area contributed by atoms with Crippen LogP contribution in [0.25, 0.3) is 0 Å². The van der Waals surface area contributed by atoms with Crippen molar-refractivity contribution in [3.8, 4) is 11.5 Å². The summed E-state index contributed by atoms with van der Waals surface area (Å²) >= 11 is 0. The Bertz CT molecular complexity index is 824. The van der Waals surface area contributed by atoms with Gasteiger partial charge in [0.2, 0.25) is 0 Å². The second-order valence-corrected chi connectivity index (χ2v) is 6.85. The maximum Gasteiger partial charge on any atom is 0.257 e. The van der Waals surface area contributed by atoms with E-state index in [1.807, 2.05) is 18.2 Å². The fourth-order valence-corrected chi connectivity index (χ4v) is 3.34. The molecule has 3 rings (SSSR count). The van der Waals surface area contributed by atoms with Crippen LogP contribution in [0.15, 0.2) is 42.5 Å². The number of carbonyl (C=O) groups is 1. The lowest BCUT2D eigenvalue weighted by Crippen LogP contribution is -2.43. The van der Waals surface area contributed by atoms with E-state index in [9.17, 15) is 9.18 Å². The highest BCUT2D eigenvalue weighted by atomic mass is 19.1. The fourth-order valence-electron chi connectivity index (χ4n) is 3.34. The average Bonchev–Trinajstić information content (AvgIpc) is 2.77. The van der Waals surface area contributed by atoms with Crippen molar-refractivity contribution in [2.45, 2.75) is 6.54 Å². The molecule has 0 bridgehead atoms. The van der Waals surface area contributed by atoms with E-state index in [1.54, 1.807) is 31.3 Å². The molecule has 1 aliphatic rings. The molecule has 156 valence electrons. The van der Waals surface area contributed by atoms with Crippen molar-refractivity contribution in [3.05, 3.63) is 59.4 Å². The van der Waals surface area contributed by atoms with Gasteiger partial charge in [-0.1, -0.05) is 18.2 Å². The molecule has 1 amide bonds. The van der Waals surface area contributed by atoms with E-state index in [4.69, 9.17) is 14.2 Å². The van der Waals surface area contributed by atoms with Gasteiger partial charge in [0.15, 0.2) is 11.5 Å². The molecule has 0 aromatic heterocycles. The Morgan fingerprint density at radius 2 is 1.83 bits per heavy atom. The molecular formula is C22H27FN2O4. The van der Waals surface area contributed by atoms with Gasteiger partial charge in [0.25, 0.3) is 5.91 Å². The lowest BCUT2D eigenvalue weighted by Gasteiger charge is -2.30. The van der Waals surface area contributed by atoms with Crippen molar-refractivity contribution in [1.82, 2.24) is 9.80 Å². The van der Waals surface area contributed by atoms with Crippen molar-refractivity contribution in [1.29, 1.82) is 0 Å². The van der Waals surface area contributed by atoms with Crippen molar-refractivity contribution >= 4 is 5.91 Å². The Balaban J connectivity index is 1.79. The van der Waals surface area contributed by atoms with Gasteiger partial charge in [-0.05, 0) is 29.8 Å². The Morgan fingerprint density at radius 3 is 2.52 bits per heavy atom. The van der Waals surface area contributed by atoms with E-state index >= 15 is 0 Å². The van der Waals surface area contributed by atoms with Crippen LogP contribution in [0.5, 0.6) is 11.5 Å². The summed E-state index contributed by atoms with van der Waals surface area (Å²) in [4.78, 5) is 17.0. The second kappa shape index (κ2) is 10.2. The zero-order valence-corrected chi connectivity index (χ0v) is 16.9. The first-order chi connectivity index (χ1) is 14.1. The summed E-state index contributed by atoms with van der Waals surface area (Å²) in [6.07, 6.45) is 0. The van der Waals surface area contributed by atoms with Crippen molar-refractivity contribution < 1.29 is 23.4 Å². The first-order valence-electron chi connectivity index (χ1n) is 9.67. The zero-order valence-electron chi connectivity index (χ0n) is 16.9. The molecule has 1 aliphatic heterocycles. The number of methoxy groups -OCH3 is 2. The maximum absolute atomic E-state index is 14.2. The van der Waals surface area contributed by atoms with Gasteiger partial charge in [-0.2, -0.15) is 0 Å². The van der Waals surface area contributed by atoms with Gasteiger partial charge in [-0.25, -0.2) is 4.39 Å². The summed E-state index contributed by atoms with van der Waals surface area (Å²) in [5.74, 6) is 0.375. The quantitative estimate of drug-likeness (QED) is 0.680. The Morgan fingerprint density at radius 1 is 1.10 bits per heavy atom. The van der Waals surface area contributed by atoms with Crippen LogP contribution < -0.4 is 9.47 Å². The Labute approximate surface area is 170 Å². The largest absolute Gasteiger partial charge is 0.493 e. The highest BCUT2D eigenvalue weighted by molar-refractivity contribution is 5.94. The summed E-state index contributed by atoms with van der Waals surface area (Å²) in [7, 11) is 3.15. The van der Waals surface area contributed by atoms with E-state index < -0.39 is 5.82 Å². The molecule has 2 aromatic rings. The first kappa shape index (κ1) is 21.1. The van der Waals surface area contributed by atoms with E-state index in [0.717, 1.165) is 18.7 Å². The summed E-state index contributed by atoms with van der Waals surface area (Å²) in [5.41, 5.74) is 0.962. The molecule has 0 radical (unpaired) electrons. The lowest BCUT2D eigenvalue weighted by atomic mass is 10.1. The molecule has 7 heteroatoms. The third-order valence-electron chi connectivity index (χ3n) is 5.00. The number of hydrogen-bond donors (Lipinski definition) is 0. The van der Waals surface area contributed by atoms with E-state index in [2.05, 4.69) is 4.90 Å². The molecule has 0 atom stereocenters. The van der Waals surface area contributed by atoms with Crippen LogP contribution >= 0.6 is 0 Å². The molecule has 1 fully saturated rings. The van der Waals surface area contributed by atoms with E-state index in [-0.39, 0.29) is 11.5 Å². The number of ether oxygens (including phenoxy) is 3. The molecule has 2 aromatic carbocycles. The summed E-state index contributed by atoms with van der Waals surface area (Å²) in [6.45, 7) is 4.58. The topological polar surface area (TPSA) is 51.2 Å². The number of nitrogens with zero attached hydrogens (tertiary/aromatic N) is 2. The molecule has 29 heavy (non-hydrogen) atoms. The van der Waals surface area contributed by atoms with Crippen molar-refractivity contribution in [2.24, 2.45) is 0 Å². The van der Waals surface area contributed by atoms with Gasteiger partial charge in [0.05, 0.1) is 33.0 Å². The number of halogens is 1. The van der Waals surface area contributed by atoms with Crippen LogP contribution in [-0.4, -0.2) is 69.3 Å². The Kier molecular flexibility index (Phi) is 7.43. The normalized spacial score (nSPS) is 14.4. The van der Waals surface area contributed by atoms with Gasteiger partial charge in [0, 0.05) is 32.7 Å². The number of carbonyl (C=O) groups excluding carboxylic acids is 1. The highest BCUT2D eigenvalue weighted by Gasteiger charge is 2.21. The van der Waals surface area contributed by atoms with Gasteiger partial charge in [-0.3, -0.25) is 9.69 Å². The summed E-state index contributed by atoms with van der Waals surface area (Å²) in [6, 6.07) is 11.6. The van der Waals surface area contributed by atoms with Gasteiger partial charge < -0.3 is 19.1 Å². The zero-order chi connectivity index (χ0) is 20.6. The van der Waals surface area contributed by atoms with E-state index in [1.165, 1.54) is 12.1 Å². The fraction of sp³-hybridized carbons (Fsp3) is 0.409. The predicted molar refractivity (Wildman–Crippen MR) is 108 cm³/mol. The predicted octanol–water partition coefficient (Wildman–Crippen LogP) is 2.82. The van der Waals surface area contributed by atoms with Crippen LogP contribution in [0.4, 0.5) is 4.39 Å². The molecule has 0 N–H and O–H groups in total. The second-order valence-electron chi connectivity index (χ2n) is 6.85. The van der Waals surface area contributed by atoms with Crippen LogP contribution in [0, 0.1) is 5.82 Å². The van der Waals surface area contributed by atoms with Gasteiger partial charge in [0.1, 0.15) is 5.82 Å². The smallest absolute Gasteiger partial charge is 0.257 e. The van der Waals surface area contributed by atoms with Crippen LogP contribution in [0.1, 0.15) is 15.9 Å². The molecule has 0 spiro atoms. The standard InChI is InChI=1S/C22H27FN2O4/c1-27-20-8-7-17(15-21(20)28-2)16-25(10-9-24-11-13-29-14-12-24)22(26)18-5-3-4-6-19(18)23/h3-8,15H,9-14,16H2,1-2H3. The number of rotatable bonds is 8. The molecule has 1 heterocycles. The Hall–Kier alpha value is -2.64. The van der Waals surface area contributed by atoms with Crippen LogP contribution in [0.2, 0.25) is 0 Å². The van der Waals surface area contributed by atoms with E-state index in [0.29, 0.717) is 44.3 Å². The van der Waals surface area contributed by atoms with Crippen molar-refractivity contribution in [2.75, 3.05) is 53.6 Å². The lowest BCUT2D eigenvalue weighted by molar-refractivity contribution is 0.0319. The molecule has 0 saturated carbocycles. The van der Waals surface area contributed by atoms with Gasteiger partial charge >= 0.3 is 0 Å². The highest BCUT2D eigenvalue weighted by Crippen LogP contribution is 2.28. The SMILES string of the molecule is COc1ccc(CN(CCN2CCOCC2)C(=O)c2ccccc2F)cc1OC. The third-order valence-corrected chi connectivity index (χ3v) is 5.00. The van der Waals surface area contributed by atoms with Gasteiger partial charge in [-0.15, -0.1) is 0 Å². The number of morpholine rings is 1. The minimum absolute atomic E-state index is 0.0787. The number of hydrogen-bond acceptors (Lipinski definition) is 5. The molecular weight excluding hydrogens is 375 g/mol. The average molecular weight is 402 g/mol. The summed E-state index contributed by atoms with van der Waals surface area (Å²) < 4.78 is 30.3. The molecule has 6 nitrogen and oxygen atoms in total. The minimum Gasteiger partial charge on any atom is -0.493 e. The molecule has 1 saturated heterocycles. The molecule has 0 aliphatic carbocycles. The third kappa shape index (κ3) is 5.46. The van der Waals surface area contributed by atoms with Crippen LogP contribution in [0.3, 0.4) is 0 Å². The number of benzene rings is 2. The molecule has 0 unspecified atom stereocenters. The first-order valence-corrected chi connectivity index (χ1v) is 9.67. The monoisotopic (exact) mass is 402 g/mol. The number of amides is 1. The van der Waals surface area contributed by atoms with Crippen molar-refractivity contribution in [3.63, 3.8) is 0 Å². The summed E-state index contributed by atoms with van der Waals surface area (Å²) in [5, 5.41) is 0. The van der Waals surface area contributed by atoms with Crippen LogP contribution in [-0.2, 0) is 11.3 Å². The minimum atomic E-state index is -0.513.